The Hall–Kier alpha value is -2.58. The van der Waals surface area contributed by atoms with Crippen molar-refractivity contribution in [1.29, 1.82) is 0 Å². The number of fused-ring (bicyclic) bond motifs is 1. The van der Waals surface area contributed by atoms with E-state index >= 15 is 0 Å². The van der Waals surface area contributed by atoms with Crippen LogP contribution in [-0.4, -0.2) is 48.3 Å². The van der Waals surface area contributed by atoms with E-state index < -0.39 is 0 Å². The van der Waals surface area contributed by atoms with E-state index in [1.807, 2.05) is 23.7 Å². The number of nitrogens with one attached hydrogen (secondary N) is 1. The number of aromatic nitrogens is 5. The van der Waals surface area contributed by atoms with Crippen LogP contribution in [0.2, 0.25) is 0 Å². The highest BCUT2D eigenvalue weighted by Gasteiger charge is 2.32. The van der Waals surface area contributed by atoms with E-state index in [2.05, 4.69) is 52.2 Å². The summed E-state index contributed by atoms with van der Waals surface area (Å²) in [7, 11) is 0. The van der Waals surface area contributed by atoms with Crippen LogP contribution in [0.15, 0.2) is 23.0 Å². The summed E-state index contributed by atoms with van der Waals surface area (Å²) in [5.41, 5.74) is 3.71. The van der Waals surface area contributed by atoms with Gasteiger partial charge in [0.25, 0.3) is 5.56 Å². The van der Waals surface area contributed by atoms with Gasteiger partial charge in [0.2, 0.25) is 0 Å². The topological polar surface area (TPSA) is 99.9 Å². The van der Waals surface area contributed by atoms with E-state index in [0.717, 1.165) is 40.7 Å². The van der Waals surface area contributed by atoms with Gasteiger partial charge in [-0.3, -0.25) is 9.69 Å². The summed E-state index contributed by atoms with van der Waals surface area (Å²) in [5, 5.41) is 23.6. The molecule has 0 aliphatic heterocycles. The van der Waals surface area contributed by atoms with Crippen molar-refractivity contribution in [2.45, 2.75) is 72.0 Å². The molecule has 1 aliphatic carbocycles. The number of pyridine rings is 1. The van der Waals surface area contributed by atoms with E-state index in [1.165, 1.54) is 12.8 Å². The van der Waals surface area contributed by atoms with Crippen LogP contribution in [0.1, 0.15) is 74.1 Å². The first-order chi connectivity index (χ1) is 15.4. The van der Waals surface area contributed by atoms with Crippen molar-refractivity contribution in [3.05, 3.63) is 51.1 Å². The fourth-order valence-electron chi connectivity index (χ4n) is 5.18. The average Bonchev–Trinajstić information content (AvgIpc) is 3.40. The molecule has 8 heteroatoms. The van der Waals surface area contributed by atoms with Crippen molar-refractivity contribution in [2.24, 2.45) is 5.92 Å². The van der Waals surface area contributed by atoms with Crippen LogP contribution in [0.25, 0.3) is 10.9 Å². The van der Waals surface area contributed by atoms with Crippen molar-refractivity contribution in [3.8, 4) is 0 Å². The number of aryl methyl sites for hydroxylation is 2. The second-order valence-corrected chi connectivity index (χ2v) is 9.47. The molecule has 1 saturated carbocycles. The van der Waals surface area contributed by atoms with Crippen LogP contribution in [0.5, 0.6) is 0 Å². The predicted molar refractivity (Wildman–Crippen MR) is 124 cm³/mol. The molecule has 0 amide bonds. The highest BCUT2D eigenvalue weighted by atomic mass is 16.3. The molecule has 2 N–H and O–H groups in total. The summed E-state index contributed by atoms with van der Waals surface area (Å²) in [6.45, 7) is 9.22. The maximum atomic E-state index is 13.0. The van der Waals surface area contributed by atoms with Crippen LogP contribution < -0.4 is 5.56 Å². The molecule has 0 radical (unpaired) electrons. The third kappa shape index (κ3) is 4.47. The van der Waals surface area contributed by atoms with Gasteiger partial charge in [-0.2, -0.15) is 0 Å². The number of rotatable bonds is 8. The Morgan fingerprint density at radius 3 is 2.66 bits per heavy atom. The SMILES string of the molecule is Cc1cc(C)c2cc(CN(CCO)C(c3nnnn3C3CCCC3)C(C)C)c(=O)[nH]c2c1. The lowest BCUT2D eigenvalue weighted by molar-refractivity contribution is 0.104. The van der Waals surface area contributed by atoms with Gasteiger partial charge in [-0.1, -0.05) is 32.8 Å². The van der Waals surface area contributed by atoms with Gasteiger partial charge in [-0.15, -0.1) is 5.10 Å². The highest BCUT2D eigenvalue weighted by Crippen LogP contribution is 2.34. The Morgan fingerprint density at radius 1 is 1.22 bits per heavy atom. The van der Waals surface area contributed by atoms with Crippen molar-refractivity contribution in [1.82, 2.24) is 30.1 Å². The van der Waals surface area contributed by atoms with Crippen LogP contribution in [0.4, 0.5) is 0 Å². The second-order valence-electron chi connectivity index (χ2n) is 9.47. The lowest BCUT2D eigenvalue weighted by atomic mass is 9.99. The molecule has 2 heterocycles. The van der Waals surface area contributed by atoms with Crippen LogP contribution in [0, 0.1) is 19.8 Å². The molecular formula is C24H34N6O2. The number of tetrazole rings is 1. The number of hydrogen-bond donors (Lipinski definition) is 2. The van der Waals surface area contributed by atoms with Gasteiger partial charge in [-0.05, 0) is 66.3 Å². The van der Waals surface area contributed by atoms with Gasteiger partial charge >= 0.3 is 0 Å². The quantitative estimate of drug-likeness (QED) is 0.559. The van der Waals surface area contributed by atoms with Gasteiger partial charge in [-0.25, -0.2) is 4.68 Å². The molecule has 0 saturated heterocycles. The minimum Gasteiger partial charge on any atom is -0.395 e. The summed E-state index contributed by atoms with van der Waals surface area (Å²) < 4.78 is 1.99. The van der Waals surface area contributed by atoms with E-state index in [-0.39, 0.29) is 24.1 Å². The monoisotopic (exact) mass is 438 g/mol. The molecule has 4 rings (SSSR count). The van der Waals surface area contributed by atoms with Gasteiger partial charge in [0, 0.05) is 29.6 Å². The van der Waals surface area contributed by atoms with Gasteiger partial charge in [0.05, 0.1) is 18.7 Å². The third-order valence-electron chi connectivity index (χ3n) is 6.63. The zero-order valence-corrected chi connectivity index (χ0v) is 19.5. The van der Waals surface area contributed by atoms with Gasteiger partial charge in [0.1, 0.15) is 0 Å². The molecular weight excluding hydrogens is 404 g/mol. The van der Waals surface area contributed by atoms with Gasteiger partial charge < -0.3 is 10.1 Å². The van der Waals surface area contributed by atoms with Crippen LogP contribution >= 0.6 is 0 Å². The fourth-order valence-corrected chi connectivity index (χ4v) is 5.18. The zero-order valence-electron chi connectivity index (χ0n) is 19.5. The minimum atomic E-state index is -0.105. The normalized spacial score (nSPS) is 16.0. The van der Waals surface area contributed by atoms with E-state index in [4.69, 9.17) is 0 Å². The lowest BCUT2D eigenvalue weighted by Gasteiger charge is -2.33. The summed E-state index contributed by atoms with van der Waals surface area (Å²) in [6.07, 6.45) is 4.57. The molecule has 172 valence electrons. The number of nitrogens with zero attached hydrogens (tertiary/aromatic N) is 5. The molecule has 2 aromatic heterocycles. The Labute approximate surface area is 188 Å². The lowest BCUT2D eigenvalue weighted by Crippen LogP contribution is -2.37. The Bertz CT molecular complexity index is 1130. The molecule has 1 unspecified atom stereocenters. The maximum Gasteiger partial charge on any atom is 0.252 e. The standard InChI is InChI=1S/C24H34N6O2/c1-15(2)22(23-26-27-28-30(23)19-7-5-6-8-19)29(9-10-31)14-18-13-20-17(4)11-16(3)12-21(20)25-24(18)32/h11-13,15,19,22,31H,5-10,14H2,1-4H3,(H,25,32). The van der Waals surface area contributed by atoms with Crippen LogP contribution in [0.3, 0.4) is 0 Å². The molecule has 32 heavy (non-hydrogen) atoms. The summed E-state index contributed by atoms with van der Waals surface area (Å²) >= 11 is 0. The highest BCUT2D eigenvalue weighted by molar-refractivity contribution is 5.83. The fraction of sp³-hybridized carbons (Fsp3) is 0.583. The third-order valence-corrected chi connectivity index (χ3v) is 6.63. The second kappa shape index (κ2) is 9.50. The maximum absolute atomic E-state index is 13.0. The smallest absolute Gasteiger partial charge is 0.252 e. The predicted octanol–water partition coefficient (Wildman–Crippen LogP) is 3.44. The van der Waals surface area contributed by atoms with Crippen LogP contribution in [-0.2, 0) is 6.54 Å². The Balaban J connectivity index is 1.72. The molecule has 1 aromatic carbocycles. The van der Waals surface area contributed by atoms with Crippen molar-refractivity contribution >= 4 is 10.9 Å². The zero-order chi connectivity index (χ0) is 22.8. The van der Waals surface area contributed by atoms with Crippen molar-refractivity contribution < 1.29 is 5.11 Å². The van der Waals surface area contributed by atoms with E-state index in [9.17, 15) is 9.90 Å². The first-order valence-electron chi connectivity index (χ1n) is 11.6. The molecule has 8 nitrogen and oxygen atoms in total. The molecule has 0 spiro atoms. The van der Waals surface area contributed by atoms with Crippen molar-refractivity contribution in [3.63, 3.8) is 0 Å². The summed E-state index contributed by atoms with van der Waals surface area (Å²) in [6, 6.07) is 6.35. The number of benzene rings is 1. The number of aliphatic hydroxyl groups is 1. The van der Waals surface area contributed by atoms with Gasteiger partial charge in [0.15, 0.2) is 5.82 Å². The molecule has 1 aliphatic rings. The van der Waals surface area contributed by atoms with Crippen molar-refractivity contribution in [2.75, 3.05) is 13.2 Å². The largest absolute Gasteiger partial charge is 0.395 e. The molecule has 1 atom stereocenters. The number of aliphatic hydroxyl groups excluding tert-OH is 1. The Morgan fingerprint density at radius 2 is 1.97 bits per heavy atom. The van der Waals surface area contributed by atoms with E-state index in [0.29, 0.717) is 24.7 Å². The first-order valence-corrected chi connectivity index (χ1v) is 11.6. The summed E-state index contributed by atoms with van der Waals surface area (Å²) in [5.74, 6) is 1.03. The molecule has 0 bridgehead atoms. The average molecular weight is 439 g/mol. The minimum absolute atomic E-state index is 0.00206. The summed E-state index contributed by atoms with van der Waals surface area (Å²) in [4.78, 5) is 18.2. The first kappa shape index (κ1) is 22.6. The molecule has 1 fully saturated rings. The number of H-pyrrole nitrogens is 1. The number of aromatic amines is 1. The van der Waals surface area contributed by atoms with E-state index in [1.54, 1.807) is 0 Å². The Kier molecular flexibility index (Phi) is 6.71. The number of hydrogen-bond acceptors (Lipinski definition) is 6. The molecule has 3 aromatic rings.